The van der Waals surface area contributed by atoms with Crippen LogP contribution in [0.25, 0.3) is 11.0 Å². The lowest BCUT2D eigenvalue weighted by Gasteiger charge is -2.53. The van der Waals surface area contributed by atoms with Crippen molar-refractivity contribution in [2.24, 2.45) is 0 Å². The molecule has 1 aliphatic heterocycles. The van der Waals surface area contributed by atoms with Gasteiger partial charge in [-0.15, -0.1) is 12.4 Å². The molecular weight excluding hydrogens is 392 g/mol. The maximum atomic E-state index is 12.9. The highest BCUT2D eigenvalue weighted by atomic mass is 35.5. The first kappa shape index (κ1) is 19.3. The minimum absolute atomic E-state index is 0. The molecule has 1 amide bonds. The third kappa shape index (κ3) is 2.70. The van der Waals surface area contributed by atoms with Crippen molar-refractivity contribution in [1.82, 2.24) is 20.3 Å². The molecule has 9 heteroatoms. The molecule has 8 nitrogen and oxygen atoms in total. The van der Waals surface area contributed by atoms with Gasteiger partial charge in [0.05, 0.1) is 29.4 Å². The van der Waals surface area contributed by atoms with Gasteiger partial charge in [0, 0.05) is 13.2 Å². The van der Waals surface area contributed by atoms with Gasteiger partial charge in [0.15, 0.2) is 5.75 Å². The predicted molar refractivity (Wildman–Crippen MR) is 115 cm³/mol. The maximum Gasteiger partial charge on any atom is 0.255 e. The number of benzene rings is 1. The highest BCUT2D eigenvalue weighted by molar-refractivity contribution is 6.07. The van der Waals surface area contributed by atoms with E-state index in [1.54, 1.807) is 7.11 Å². The number of amides is 1. The molecule has 1 spiro atoms. The fourth-order valence-corrected chi connectivity index (χ4v) is 4.33. The number of anilines is 3. The number of aryl methyl sites for hydroxylation is 1. The van der Waals surface area contributed by atoms with E-state index in [0.717, 1.165) is 47.2 Å². The molecule has 1 aliphatic carbocycles. The Morgan fingerprint density at radius 2 is 2.10 bits per heavy atom. The fraction of sp³-hybridized carbons (Fsp3) is 0.350. The Morgan fingerprint density at radius 3 is 2.79 bits per heavy atom. The van der Waals surface area contributed by atoms with E-state index in [4.69, 9.17) is 4.74 Å². The fourth-order valence-electron chi connectivity index (χ4n) is 4.33. The van der Waals surface area contributed by atoms with Crippen LogP contribution in [0.2, 0.25) is 0 Å². The van der Waals surface area contributed by atoms with Gasteiger partial charge < -0.3 is 25.3 Å². The van der Waals surface area contributed by atoms with Crippen LogP contribution >= 0.6 is 12.4 Å². The van der Waals surface area contributed by atoms with Crippen LogP contribution in [0.5, 0.6) is 5.75 Å². The average Bonchev–Trinajstić information content (AvgIpc) is 3.12. The van der Waals surface area contributed by atoms with Crippen molar-refractivity contribution in [3.63, 3.8) is 0 Å². The largest absolute Gasteiger partial charge is 0.492 e. The Kier molecular flexibility index (Phi) is 4.53. The van der Waals surface area contributed by atoms with Crippen LogP contribution in [0.3, 0.4) is 0 Å². The van der Waals surface area contributed by atoms with Gasteiger partial charge >= 0.3 is 0 Å². The minimum atomic E-state index is -0.314. The number of hydrogen-bond donors (Lipinski definition) is 3. The zero-order valence-electron chi connectivity index (χ0n) is 16.5. The molecule has 5 rings (SSSR count). The quantitative estimate of drug-likeness (QED) is 0.607. The average molecular weight is 415 g/mol. The molecule has 0 radical (unpaired) electrons. The van der Waals surface area contributed by atoms with E-state index < -0.39 is 0 Å². The summed E-state index contributed by atoms with van der Waals surface area (Å²) in [6.07, 6.45) is 6.32. The lowest BCUT2D eigenvalue weighted by Crippen LogP contribution is -2.66. The predicted octanol–water partition coefficient (Wildman–Crippen LogP) is 3.50. The number of hydrogen-bond acceptors (Lipinski definition) is 6. The number of H-pyrrole nitrogens is 1. The van der Waals surface area contributed by atoms with E-state index in [0.29, 0.717) is 17.1 Å². The van der Waals surface area contributed by atoms with Gasteiger partial charge in [-0.1, -0.05) is 0 Å². The Bertz CT molecular complexity index is 1110. The first-order valence-electron chi connectivity index (χ1n) is 9.37. The number of aromatic nitrogens is 3. The van der Waals surface area contributed by atoms with Crippen molar-refractivity contribution in [3.05, 3.63) is 35.8 Å². The van der Waals surface area contributed by atoms with Crippen molar-refractivity contribution >= 4 is 46.5 Å². The van der Waals surface area contributed by atoms with Gasteiger partial charge in [-0.25, -0.2) is 9.97 Å². The summed E-state index contributed by atoms with van der Waals surface area (Å²) >= 11 is 0. The Hall–Kier alpha value is -3.00. The summed E-state index contributed by atoms with van der Waals surface area (Å²) in [5, 5.41) is 7.48. The number of methoxy groups -OCH3 is 1. The molecule has 1 aromatic carbocycles. The summed E-state index contributed by atoms with van der Waals surface area (Å²) < 4.78 is 5.81. The monoisotopic (exact) mass is 414 g/mol. The molecule has 3 heterocycles. The van der Waals surface area contributed by atoms with Crippen LogP contribution in [0, 0.1) is 6.92 Å². The second kappa shape index (κ2) is 6.81. The van der Waals surface area contributed by atoms with Crippen LogP contribution in [0.1, 0.15) is 35.2 Å². The number of nitrogens with zero attached hydrogens (tertiary/aromatic N) is 3. The number of carbonyl (C=O) groups excluding carboxylic acids is 1. The van der Waals surface area contributed by atoms with Gasteiger partial charge in [-0.05, 0) is 43.9 Å². The van der Waals surface area contributed by atoms with Crippen LogP contribution in [-0.4, -0.2) is 40.7 Å². The molecule has 29 heavy (non-hydrogen) atoms. The zero-order valence-corrected chi connectivity index (χ0v) is 17.3. The van der Waals surface area contributed by atoms with Crippen LogP contribution in [0.4, 0.5) is 17.2 Å². The lowest BCUT2D eigenvalue weighted by molar-refractivity contribution is 0.0800. The molecule has 1 saturated carbocycles. The zero-order chi connectivity index (χ0) is 19.5. The van der Waals surface area contributed by atoms with E-state index in [-0.39, 0.29) is 24.0 Å². The van der Waals surface area contributed by atoms with E-state index in [1.165, 1.54) is 6.33 Å². The number of fused-ring (bicyclic) bond motifs is 2. The molecule has 0 bridgehead atoms. The Labute approximate surface area is 174 Å². The number of nitrogens with one attached hydrogen (secondary N) is 3. The van der Waals surface area contributed by atoms with Gasteiger partial charge in [-0.3, -0.25) is 4.79 Å². The summed E-state index contributed by atoms with van der Waals surface area (Å²) in [7, 11) is 3.66. The lowest BCUT2D eigenvalue weighted by atomic mass is 9.80. The maximum absolute atomic E-state index is 12.9. The van der Waals surface area contributed by atoms with Crippen molar-refractivity contribution in [2.75, 3.05) is 24.4 Å². The molecule has 0 atom stereocenters. The van der Waals surface area contributed by atoms with Gasteiger partial charge in [-0.2, -0.15) is 0 Å². The van der Waals surface area contributed by atoms with E-state index in [2.05, 4.69) is 30.5 Å². The highest BCUT2D eigenvalue weighted by Gasteiger charge is 2.48. The molecule has 1 fully saturated rings. The third-order valence-corrected chi connectivity index (χ3v) is 5.99. The number of aromatic amines is 1. The van der Waals surface area contributed by atoms with Crippen LogP contribution in [0.15, 0.2) is 24.7 Å². The van der Waals surface area contributed by atoms with Crippen molar-refractivity contribution in [2.45, 2.75) is 31.8 Å². The Balaban J connectivity index is 0.00000205. The second-order valence-electron chi connectivity index (χ2n) is 7.48. The van der Waals surface area contributed by atoms with E-state index >= 15 is 0 Å². The molecule has 0 saturated heterocycles. The number of rotatable bonds is 3. The molecular formula is C20H23ClN6O2. The van der Waals surface area contributed by atoms with Gasteiger partial charge in [0.25, 0.3) is 5.91 Å². The van der Waals surface area contributed by atoms with Gasteiger partial charge in [0.1, 0.15) is 23.5 Å². The number of halogens is 1. The number of ether oxygens (including phenoxy) is 1. The standard InChI is InChI=1S/C20H22N6O2.ClH/c1-11-9-13(24-18-12-5-8-21-17(12)22-10-23-18)16(28-3)15-14(11)19(27)25-20(26(15)2)6-4-7-20;/h5,8-10H,4,6-7H2,1-3H3,(H,25,27)(H2,21,22,23,24);1H. The molecule has 0 unspecified atom stereocenters. The first-order chi connectivity index (χ1) is 13.5. The second-order valence-corrected chi connectivity index (χ2v) is 7.48. The normalized spacial score (nSPS) is 16.7. The topological polar surface area (TPSA) is 95.2 Å². The third-order valence-electron chi connectivity index (χ3n) is 5.99. The molecule has 2 aromatic heterocycles. The summed E-state index contributed by atoms with van der Waals surface area (Å²) in [5.74, 6) is 1.29. The summed E-state index contributed by atoms with van der Waals surface area (Å²) in [5.41, 5.74) is 3.60. The Morgan fingerprint density at radius 1 is 1.31 bits per heavy atom. The van der Waals surface area contributed by atoms with E-state index in [9.17, 15) is 4.79 Å². The summed E-state index contributed by atoms with van der Waals surface area (Å²) in [6.45, 7) is 1.95. The highest BCUT2D eigenvalue weighted by Crippen LogP contribution is 2.49. The first-order valence-corrected chi connectivity index (χ1v) is 9.37. The van der Waals surface area contributed by atoms with Crippen LogP contribution < -0.4 is 20.3 Å². The molecule has 152 valence electrons. The molecule has 3 N–H and O–H groups in total. The summed E-state index contributed by atoms with van der Waals surface area (Å²) in [4.78, 5) is 26.8. The van der Waals surface area contributed by atoms with Crippen molar-refractivity contribution in [1.29, 1.82) is 0 Å². The SMILES string of the molecule is COc1c(Nc2ncnc3[nH]ccc23)cc(C)c2c1N(C)C1(CCC1)NC2=O.Cl. The van der Waals surface area contributed by atoms with Crippen molar-refractivity contribution < 1.29 is 9.53 Å². The minimum Gasteiger partial charge on any atom is -0.492 e. The van der Waals surface area contributed by atoms with Crippen molar-refractivity contribution in [3.8, 4) is 5.75 Å². The summed E-state index contributed by atoms with van der Waals surface area (Å²) in [6, 6.07) is 3.86. The van der Waals surface area contributed by atoms with Crippen LogP contribution in [-0.2, 0) is 0 Å². The van der Waals surface area contributed by atoms with Gasteiger partial charge in [0.2, 0.25) is 0 Å². The smallest absolute Gasteiger partial charge is 0.255 e. The molecule has 3 aromatic rings. The van der Waals surface area contributed by atoms with E-state index in [1.807, 2.05) is 32.3 Å². The molecule has 2 aliphatic rings. The number of carbonyl (C=O) groups is 1.